The van der Waals surface area contributed by atoms with Gasteiger partial charge in [0.05, 0.1) is 5.70 Å². The lowest BCUT2D eigenvalue weighted by atomic mass is 9.91. The summed E-state index contributed by atoms with van der Waals surface area (Å²) >= 11 is 11.9. The van der Waals surface area contributed by atoms with Gasteiger partial charge in [0, 0.05) is 35.3 Å². The normalized spacial score (nSPS) is 19.1. The van der Waals surface area contributed by atoms with Crippen molar-refractivity contribution in [3.8, 4) is 0 Å². The molecule has 31 heavy (non-hydrogen) atoms. The van der Waals surface area contributed by atoms with Crippen molar-refractivity contribution in [3.63, 3.8) is 0 Å². The van der Waals surface area contributed by atoms with Crippen LogP contribution in [0.2, 0.25) is 10.0 Å². The Kier molecular flexibility index (Phi) is 6.45. The lowest BCUT2D eigenvalue weighted by molar-refractivity contribution is -0.269. The molecule has 2 aromatic carbocycles. The molecule has 0 bridgehead atoms. The van der Waals surface area contributed by atoms with Gasteiger partial charge in [0.25, 0.3) is 0 Å². The first kappa shape index (κ1) is 23.2. The molecule has 10 heteroatoms. The molecule has 0 spiro atoms. The maximum atomic E-state index is 14.1. The molecule has 1 N–H and O–H groups in total. The molecule has 1 unspecified atom stereocenters. The molecule has 0 aromatic heterocycles. The van der Waals surface area contributed by atoms with E-state index in [2.05, 4.69) is 10.6 Å². The van der Waals surface area contributed by atoms with E-state index in [-0.39, 0.29) is 21.3 Å². The number of nitrogens with zero attached hydrogens (tertiary/aromatic N) is 2. The van der Waals surface area contributed by atoms with Crippen LogP contribution < -0.4 is 5.48 Å². The summed E-state index contributed by atoms with van der Waals surface area (Å²) in [5.41, 5.74) is 1.70. The summed E-state index contributed by atoms with van der Waals surface area (Å²) in [5, 5.41) is 4.16. The van der Waals surface area contributed by atoms with Crippen molar-refractivity contribution in [2.45, 2.75) is 18.7 Å². The number of alkyl halides is 3. The van der Waals surface area contributed by atoms with E-state index in [9.17, 15) is 13.2 Å². The molecule has 0 amide bonds. The van der Waals surface area contributed by atoms with Crippen molar-refractivity contribution in [2.75, 3.05) is 21.2 Å². The molecule has 166 valence electrons. The first-order valence-electron chi connectivity index (χ1n) is 9.08. The van der Waals surface area contributed by atoms with Gasteiger partial charge in [0.15, 0.2) is 5.84 Å². The lowest BCUT2D eigenvalue weighted by Crippen LogP contribution is -2.42. The topological polar surface area (TPSA) is 46.1 Å². The van der Waals surface area contributed by atoms with Gasteiger partial charge in [-0.3, -0.25) is 10.3 Å². The fraction of sp³-hybridized carbons (Fsp3) is 0.286. The number of aryl methyl sites for hydroxylation is 1. The van der Waals surface area contributed by atoms with Crippen molar-refractivity contribution in [2.24, 2.45) is 5.16 Å². The maximum Gasteiger partial charge on any atom is 0.428 e. The zero-order valence-corrected chi connectivity index (χ0v) is 18.7. The van der Waals surface area contributed by atoms with E-state index in [1.807, 2.05) is 21.0 Å². The van der Waals surface area contributed by atoms with Gasteiger partial charge in [0.1, 0.15) is 7.11 Å². The van der Waals surface area contributed by atoms with Gasteiger partial charge in [-0.25, -0.2) is 0 Å². The molecule has 2 aromatic rings. The van der Waals surface area contributed by atoms with Crippen LogP contribution in [0.5, 0.6) is 0 Å². The molecule has 0 saturated carbocycles. The highest BCUT2D eigenvalue weighted by molar-refractivity contribution is 6.34. The largest absolute Gasteiger partial charge is 0.428 e. The first-order valence-corrected chi connectivity index (χ1v) is 9.84. The Labute approximate surface area is 188 Å². The standard InChI is InChI=1S/C21H20Cl2F3N3O2/c1-12-7-13(5-6-17(12)19(28-30-4)29(2)3)18-11-20(31-27-18,21(24,25)26)14-8-15(22)10-16(23)9-14/h5-11,27H,1-4H3. The number of benzene rings is 2. The quantitative estimate of drug-likeness (QED) is 0.361. The summed E-state index contributed by atoms with van der Waals surface area (Å²) in [5.74, 6) is 0.578. The van der Waals surface area contributed by atoms with E-state index in [1.54, 1.807) is 23.1 Å². The maximum absolute atomic E-state index is 14.1. The minimum atomic E-state index is -4.77. The second-order valence-corrected chi connectivity index (χ2v) is 8.05. The summed E-state index contributed by atoms with van der Waals surface area (Å²) in [7, 11) is 5.07. The number of hydrogen-bond donors (Lipinski definition) is 1. The third-order valence-corrected chi connectivity index (χ3v) is 5.20. The number of nitrogens with one attached hydrogen (secondary N) is 1. The van der Waals surface area contributed by atoms with Crippen LogP contribution in [0, 0.1) is 6.92 Å². The molecule has 0 fully saturated rings. The van der Waals surface area contributed by atoms with Crippen molar-refractivity contribution in [3.05, 3.63) is 74.8 Å². The average molecular weight is 474 g/mol. The minimum Gasteiger partial charge on any atom is -0.397 e. The Balaban J connectivity index is 2.08. The minimum absolute atomic E-state index is 0.0745. The average Bonchev–Trinajstić information content (AvgIpc) is 3.12. The molecule has 1 aliphatic heterocycles. The first-order chi connectivity index (χ1) is 14.5. The molecule has 3 rings (SSSR count). The van der Waals surface area contributed by atoms with Crippen molar-refractivity contribution in [1.29, 1.82) is 0 Å². The van der Waals surface area contributed by atoms with E-state index in [0.717, 1.165) is 17.2 Å². The molecular formula is C21H20Cl2F3N3O2. The number of halogens is 5. The van der Waals surface area contributed by atoms with E-state index in [1.165, 1.54) is 25.3 Å². The second-order valence-electron chi connectivity index (χ2n) is 7.18. The number of hydroxylamine groups is 1. The number of hydrogen-bond acceptors (Lipinski definition) is 4. The van der Waals surface area contributed by atoms with Crippen LogP contribution in [0.15, 0.2) is 47.6 Å². The fourth-order valence-electron chi connectivity index (χ4n) is 3.29. The molecule has 5 nitrogen and oxygen atoms in total. The van der Waals surface area contributed by atoms with E-state index >= 15 is 0 Å². The van der Waals surface area contributed by atoms with Gasteiger partial charge >= 0.3 is 6.18 Å². The van der Waals surface area contributed by atoms with E-state index in [4.69, 9.17) is 32.9 Å². The molecule has 1 heterocycles. The third-order valence-electron chi connectivity index (χ3n) is 4.76. The van der Waals surface area contributed by atoms with Gasteiger partial charge in [0.2, 0.25) is 5.60 Å². The smallest absolute Gasteiger partial charge is 0.397 e. The Morgan fingerprint density at radius 1 is 1.13 bits per heavy atom. The molecule has 0 aliphatic carbocycles. The van der Waals surface area contributed by atoms with Crippen LogP contribution in [0.3, 0.4) is 0 Å². The molecule has 0 saturated heterocycles. The number of oxime groups is 1. The highest BCUT2D eigenvalue weighted by Crippen LogP contribution is 2.48. The molecule has 0 radical (unpaired) electrons. The zero-order valence-electron chi connectivity index (χ0n) is 17.1. The summed E-state index contributed by atoms with van der Waals surface area (Å²) in [4.78, 5) is 11.8. The Morgan fingerprint density at radius 2 is 1.77 bits per heavy atom. The van der Waals surface area contributed by atoms with Crippen molar-refractivity contribution < 1.29 is 22.8 Å². The Bertz CT molecular complexity index is 1030. The molecule has 1 aliphatic rings. The Hall–Kier alpha value is -2.42. The number of rotatable bonds is 4. The summed E-state index contributed by atoms with van der Waals surface area (Å²) in [6, 6.07) is 8.90. The van der Waals surface area contributed by atoms with Gasteiger partial charge in [-0.2, -0.15) is 13.2 Å². The van der Waals surface area contributed by atoms with Crippen molar-refractivity contribution >= 4 is 34.7 Å². The SMILES string of the molecule is CON=C(c1ccc(C2=CC(c3cc(Cl)cc(Cl)c3)(C(F)(F)F)ON2)cc1C)N(C)C. The monoisotopic (exact) mass is 473 g/mol. The lowest BCUT2D eigenvalue weighted by Gasteiger charge is -2.28. The second kappa shape index (κ2) is 8.61. The van der Waals surface area contributed by atoms with Crippen LogP contribution in [-0.4, -0.2) is 38.1 Å². The fourth-order valence-corrected chi connectivity index (χ4v) is 3.82. The predicted octanol–water partition coefficient (Wildman–Crippen LogP) is 5.50. The summed E-state index contributed by atoms with van der Waals surface area (Å²) in [6.45, 7) is 1.83. The van der Waals surface area contributed by atoms with Gasteiger partial charge in [-0.05, 0) is 48.4 Å². The zero-order chi connectivity index (χ0) is 23.0. The van der Waals surface area contributed by atoms with Crippen molar-refractivity contribution in [1.82, 2.24) is 10.4 Å². The van der Waals surface area contributed by atoms with Crippen LogP contribution in [0.1, 0.15) is 22.3 Å². The summed E-state index contributed by atoms with van der Waals surface area (Å²) in [6.07, 6.45) is -3.78. The Morgan fingerprint density at radius 3 is 2.29 bits per heavy atom. The van der Waals surface area contributed by atoms with E-state index in [0.29, 0.717) is 11.4 Å². The third kappa shape index (κ3) is 4.46. The highest BCUT2D eigenvalue weighted by Gasteiger charge is 2.59. The number of amidine groups is 1. The highest BCUT2D eigenvalue weighted by atomic mass is 35.5. The van der Waals surface area contributed by atoms with E-state index < -0.39 is 11.8 Å². The van der Waals surface area contributed by atoms with Crippen LogP contribution >= 0.6 is 23.2 Å². The molecular weight excluding hydrogens is 454 g/mol. The van der Waals surface area contributed by atoms with Crippen LogP contribution in [-0.2, 0) is 15.3 Å². The van der Waals surface area contributed by atoms with Crippen LogP contribution in [0.4, 0.5) is 13.2 Å². The molecule has 1 atom stereocenters. The van der Waals surface area contributed by atoms with Gasteiger partial charge in [-0.1, -0.05) is 40.5 Å². The summed E-state index contributed by atoms with van der Waals surface area (Å²) < 4.78 is 42.4. The predicted molar refractivity (Wildman–Crippen MR) is 115 cm³/mol. The van der Waals surface area contributed by atoms with Crippen LogP contribution in [0.25, 0.3) is 5.70 Å². The van der Waals surface area contributed by atoms with Gasteiger partial charge in [-0.15, -0.1) is 0 Å². The van der Waals surface area contributed by atoms with Gasteiger partial charge < -0.3 is 9.74 Å².